The molecule has 0 aliphatic rings. The first kappa shape index (κ1) is 20.5. The van der Waals surface area contributed by atoms with Crippen molar-refractivity contribution >= 4 is 23.4 Å². The predicted octanol–water partition coefficient (Wildman–Crippen LogP) is 2.66. The average molecular weight is 385 g/mol. The van der Waals surface area contributed by atoms with Gasteiger partial charge in [-0.05, 0) is 27.7 Å². The Kier molecular flexibility index (Phi) is 5.62. The fraction of sp³-hybridized carbons (Fsp3) is 0.500. The number of nitrogens with one attached hydrogen (secondary N) is 3. The molecule has 0 unspecified atom stereocenters. The monoisotopic (exact) mass is 385 g/mol. The molecule has 8 nitrogen and oxygen atoms in total. The van der Waals surface area contributed by atoms with Crippen molar-refractivity contribution in [2.45, 2.75) is 39.4 Å². The maximum absolute atomic E-state index is 12.9. The second-order valence-corrected chi connectivity index (χ2v) is 6.30. The van der Waals surface area contributed by atoms with E-state index in [1.54, 1.807) is 20.8 Å². The number of carbonyl (C=O) groups excluding carboxylic acids is 1. The summed E-state index contributed by atoms with van der Waals surface area (Å²) in [5, 5.41) is 12.2. The van der Waals surface area contributed by atoms with Gasteiger partial charge in [0, 0.05) is 19.8 Å². The molecule has 0 aromatic carbocycles. The van der Waals surface area contributed by atoms with Crippen LogP contribution in [0.15, 0.2) is 12.4 Å². The molecule has 0 aliphatic carbocycles. The third-order valence-corrected chi connectivity index (χ3v) is 4.01. The summed E-state index contributed by atoms with van der Waals surface area (Å²) in [7, 11) is 1.35. The molecular weight excluding hydrogens is 363 g/mol. The van der Waals surface area contributed by atoms with E-state index < -0.39 is 17.3 Å². The van der Waals surface area contributed by atoms with Gasteiger partial charge in [-0.15, -0.1) is 0 Å². The van der Waals surface area contributed by atoms with E-state index in [-0.39, 0.29) is 17.7 Å². The van der Waals surface area contributed by atoms with Gasteiger partial charge in [-0.25, -0.2) is 4.98 Å². The second kappa shape index (κ2) is 7.41. The van der Waals surface area contributed by atoms with Crippen molar-refractivity contribution < 1.29 is 18.0 Å². The molecule has 1 amide bonds. The summed E-state index contributed by atoms with van der Waals surface area (Å²) in [6, 6.07) is 0. The maximum Gasteiger partial charge on any atom is 0.421 e. The fourth-order valence-electron chi connectivity index (χ4n) is 2.53. The van der Waals surface area contributed by atoms with E-state index in [4.69, 9.17) is 0 Å². The number of halogens is 3. The van der Waals surface area contributed by atoms with Gasteiger partial charge < -0.3 is 16.0 Å². The molecule has 2 heterocycles. The molecule has 3 N–H and O–H groups in total. The lowest BCUT2D eigenvalue weighted by atomic mass is 10.0. The molecule has 2 aromatic heterocycles. The summed E-state index contributed by atoms with van der Waals surface area (Å²) in [5.41, 5.74) is -0.813. The Hall–Kier alpha value is -2.85. The van der Waals surface area contributed by atoms with E-state index in [1.165, 1.54) is 17.9 Å². The smallest absolute Gasteiger partial charge is 0.372 e. The number of hydrogen-bond donors (Lipinski definition) is 3. The third kappa shape index (κ3) is 4.12. The molecule has 0 saturated heterocycles. The number of aromatic nitrogens is 4. The van der Waals surface area contributed by atoms with Crippen molar-refractivity contribution in [3.63, 3.8) is 0 Å². The zero-order chi connectivity index (χ0) is 20.4. The van der Waals surface area contributed by atoms with Crippen LogP contribution in [-0.2, 0) is 16.5 Å². The maximum atomic E-state index is 12.9. The number of anilines is 3. The molecule has 0 atom stereocenters. The Morgan fingerprint density at radius 3 is 2.48 bits per heavy atom. The van der Waals surface area contributed by atoms with Crippen LogP contribution in [0.4, 0.5) is 30.6 Å². The van der Waals surface area contributed by atoms with Crippen LogP contribution >= 0.6 is 0 Å². The SMILES string of the molecule is CCNC(=O)C(C)(C)n1ncc(Nc2ncc(C(F)(F)F)c(NC)n2)c1C. The van der Waals surface area contributed by atoms with Gasteiger partial charge in [0.25, 0.3) is 0 Å². The molecule has 0 bridgehead atoms. The summed E-state index contributed by atoms with van der Waals surface area (Å²) >= 11 is 0. The first-order valence-corrected chi connectivity index (χ1v) is 8.24. The number of rotatable bonds is 6. The summed E-state index contributed by atoms with van der Waals surface area (Å²) in [4.78, 5) is 19.9. The number of likely N-dealkylation sites (N-methyl/N-ethyl adjacent to an activating group) is 1. The number of hydrogen-bond acceptors (Lipinski definition) is 6. The molecule has 2 rings (SSSR count). The van der Waals surface area contributed by atoms with Crippen molar-refractivity contribution in [1.82, 2.24) is 25.1 Å². The standard InChI is InChI=1S/C16H22F3N7O/c1-6-21-13(27)15(3,4)26-9(2)11(8-23-26)24-14-22-7-10(16(17,18)19)12(20-5)25-14/h7-8H,6H2,1-5H3,(H,21,27)(H2,20,22,24,25). The van der Waals surface area contributed by atoms with E-state index in [2.05, 4.69) is 31.0 Å². The van der Waals surface area contributed by atoms with Crippen molar-refractivity contribution in [2.75, 3.05) is 24.2 Å². The zero-order valence-corrected chi connectivity index (χ0v) is 15.7. The van der Waals surface area contributed by atoms with Gasteiger partial charge in [-0.1, -0.05) is 0 Å². The van der Waals surface area contributed by atoms with Crippen molar-refractivity contribution in [1.29, 1.82) is 0 Å². The summed E-state index contributed by atoms with van der Waals surface area (Å²) < 4.78 is 40.3. The van der Waals surface area contributed by atoms with Crippen molar-refractivity contribution in [3.05, 3.63) is 23.7 Å². The largest absolute Gasteiger partial charge is 0.421 e. The number of carbonyl (C=O) groups is 1. The number of alkyl halides is 3. The van der Waals surface area contributed by atoms with Crippen LogP contribution in [0.5, 0.6) is 0 Å². The quantitative estimate of drug-likeness (QED) is 0.707. The van der Waals surface area contributed by atoms with E-state index in [1.807, 2.05) is 6.92 Å². The van der Waals surface area contributed by atoms with Gasteiger partial charge >= 0.3 is 6.18 Å². The Balaban J connectivity index is 2.32. The van der Waals surface area contributed by atoms with Crippen molar-refractivity contribution in [3.8, 4) is 0 Å². The van der Waals surface area contributed by atoms with Crippen LogP contribution < -0.4 is 16.0 Å². The first-order valence-electron chi connectivity index (χ1n) is 8.24. The average Bonchev–Trinajstić information content (AvgIpc) is 2.95. The number of amides is 1. The Labute approximate surface area is 154 Å². The Bertz CT molecular complexity index is 830. The van der Waals surface area contributed by atoms with Gasteiger partial charge in [0.15, 0.2) is 0 Å². The summed E-state index contributed by atoms with van der Waals surface area (Å²) in [5.74, 6) is -0.565. The van der Waals surface area contributed by atoms with Crippen LogP contribution in [0.1, 0.15) is 32.0 Å². The second-order valence-electron chi connectivity index (χ2n) is 6.30. The molecule has 2 aromatic rings. The highest BCUT2D eigenvalue weighted by atomic mass is 19.4. The van der Waals surface area contributed by atoms with Crippen LogP contribution in [-0.4, -0.2) is 39.2 Å². The fourth-order valence-corrected chi connectivity index (χ4v) is 2.53. The molecule has 0 aliphatic heterocycles. The summed E-state index contributed by atoms with van der Waals surface area (Å²) in [6.45, 7) is 7.47. The highest BCUT2D eigenvalue weighted by molar-refractivity contribution is 5.83. The highest BCUT2D eigenvalue weighted by Crippen LogP contribution is 2.34. The normalized spacial score (nSPS) is 12.0. The molecule has 27 heavy (non-hydrogen) atoms. The molecular formula is C16H22F3N7O. The van der Waals surface area contributed by atoms with Gasteiger partial charge in [-0.2, -0.15) is 23.3 Å². The van der Waals surface area contributed by atoms with Crippen LogP contribution in [0, 0.1) is 6.92 Å². The zero-order valence-electron chi connectivity index (χ0n) is 15.7. The molecule has 148 valence electrons. The van der Waals surface area contributed by atoms with E-state index >= 15 is 0 Å². The number of nitrogens with zero attached hydrogens (tertiary/aromatic N) is 4. The van der Waals surface area contributed by atoms with Gasteiger partial charge in [-0.3, -0.25) is 9.48 Å². The molecule has 0 spiro atoms. The third-order valence-electron chi connectivity index (χ3n) is 4.01. The molecule has 0 saturated carbocycles. The van der Waals surface area contributed by atoms with E-state index in [0.717, 1.165) is 0 Å². The molecule has 0 radical (unpaired) electrons. The van der Waals surface area contributed by atoms with Crippen molar-refractivity contribution in [2.24, 2.45) is 0 Å². The van der Waals surface area contributed by atoms with E-state index in [9.17, 15) is 18.0 Å². The molecule has 11 heteroatoms. The highest BCUT2D eigenvalue weighted by Gasteiger charge is 2.35. The Morgan fingerprint density at radius 1 is 1.26 bits per heavy atom. The minimum absolute atomic E-state index is 0.0224. The minimum atomic E-state index is -4.56. The lowest BCUT2D eigenvalue weighted by Gasteiger charge is -2.25. The van der Waals surface area contributed by atoms with Crippen LogP contribution in [0.3, 0.4) is 0 Å². The van der Waals surface area contributed by atoms with E-state index in [0.29, 0.717) is 24.1 Å². The van der Waals surface area contributed by atoms with Crippen LogP contribution in [0.2, 0.25) is 0 Å². The van der Waals surface area contributed by atoms with Gasteiger partial charge in [0.05, 0.1) is 17.6 Å². The Morgan fingerprint density at radius 2 is 1.93 bits per heavy atom. The van der Waals surface area contributed by atoms with Gasteiger partial charge in [0.1, 0.15) is 16.9 Å². The first-order chi connectivity index (χ1) is 12.5. The lowest BCUT2D eigenvalue weighted by molar-refractivity contribution is -0.137. The van der Waals surface area contributed by atoms with Gasteiger partial charge in [0.2, 0.25) is 11.9 Å². The minimum Gasteiger partial charge on any atom is -0.372 e. The van der Waals surface area contributed by atoms with Crippen LogP contribution in [0.25, 0.3) is 0 Å². The molecule has 0 fully saturated rings. The lowest BCUT2D eigenvalue weighted by Crippen LogP contribution is -2.45. The predicted molar refractivity (Wildman–Crippen MR) is 94.8 cm³/mol. The summed E-state index contributed by atoms with van der Waals surface area (Å²) in [6.07, 6.45) is -2.38. The topological polar surface area (TPSA) is 96.8 Å².